The van der Waals surface area contributed by atoms with E-state index in [1.54, 1.807) is 19.2 Å². The number of carboxylic acids is 1. The summed E-state index contributed by atoms with van der Waals surface area (Å²) in [5, 5.41) is 13.9. The first-order valence-corrected chi connectivity index (χ1v) is 15.4. The van der Waals surface area contributed by atoms with Gasteiger partial charge in [-0.3, -0.25) is 14.0 Å². The Labute approximate surface area is 236 Å². The first-order chi connectivity index (χ1) is 19.2. The van der Waals surface area contributed by atoms with E-state index in [9.17, 15) is 18.3 Å². The average molecular weight is 564 g/mol. The van der Waals surface area contributed by atoms with Crippen LogP contribution in [0.3, 0.4) is 0 Å². The number of carboxylic acid groups (broad SMARTS) is 1. The highest BCUT2D eigenvalue weighted by Gasteiger charge is 2.52. The molecule has 3 heterocycles. The zero-order chi connectivity index (χ0) is 28.4. The fourth-order valence-electron chi connectivity index (χ4n) is 6.55. The van der Waals surface area contributed by atoms with Crippen LogP contribution >= 0.6 is 0 Å². The normalized spacial score (nSPS) is 24.1. The van der Waals surface area contributed by atoms with E-state index >= 15 is 0 Å². The number of methoxy groups -OCH3 is 1. The standard InChI is InChI=1S/C31H37N3O5S/c1-33(40(3,37)38)24-14-15-27(39-2)23(18-24)19-32-29-25-16-17-34(20-26(25)31(35)36)30(29)28(21-10-6-4-7-11-21)22-12-8-5-9-13-22/h4-15,18,25-26,28-30,32H,16-17,19-20H2,1-3H3,(H,35,36)/t25-,26-,29-,30-/m0/s1. The van der Waals surface area contributed by atoms with Crippen LogP contribution in [-0.2, 0) is 21.4 Å². The molecule has 212 valence electrons. The number of anilines is 1. The van der Waals surface area contributed by atoms with Gasteiger partial charge >= 0.3 is 5.97 Å². The topological polar surface area (TPSA) is 99.2 Å². The van der Waals surface area contributed by atoms with Crippen LogP contribution < -0.4 is 14.4 Å². The molecular formula is C31H37N3O5S. The van der Waals surface area contributed by atoms with Gasteiger partial charge in [0.2, 0.25) is 10.0 Å². The lowest BCUT2D eigenvalue weighted by Gasteiger charge is -2.56. The van der Waals surface area contributed by atoms with Crippen LogP contribution in [0.15, 0.2) is 78.9 Å². The smallest absolute Gasteiger partial charge is 0.308 e. The Morgan fingerprint density at radius 3 is 2.25 bits per heavy atom. The zero-order valence-electron chi connectivity index (χ0n) is 23.1. The van der Waals surface area contributed by atoms with Crippen LogP contribution in [0.2, 0.25) is 0 Å². The Morgan fingerprint density at radius 1 is 1.07 bits per heavy atom. The summed E-state index contributed by atoms with van der Waals surface area (Å²) in [6, 6.07) is 26.1. The predicted molar refractivity (Wildman–Crippen MR) is 156 cm³/mol. The van der Waals surface area contributed by atoms with Crippen molar-refractivity contribution >= 4 is 21.7 Å². The molecular weight excluding hydrogens is 526 g/mol. The number of ether oxygens (including phenoxy) is 1. The minimum absolute atomic E-state index is 0.0343. The van der Waals surface area contributed by atoms with Gasteiger partial charge in [-0.1, -0.05) is 60.7 Å². The van der Waals surface area contributed by atoms with Crippen LogP contribution in [0, 0.1) is 11.8 Å². The predicted octanol–water partition coefficient (Wildman–Crippen LogP) is 3.79. The molecule has 0 radical (unpaired) electrons. The highest BCUT2D eigenvalue weighted by Crippen LogP contribution is 2.44. The van der Waals surface area contributed by atoms with Crippen molar-refractivity contribution < 1.29 is 23.1 Å². The molecule has 0 saturated carbocycles. The van der Waals surface area contributed by atoms with Crippen molar-refractivity contribution in [1.29, 1.82) is 0 Å². The molecule has 8 nitrogen and oxygen atoms in total. The molecule has 3 aliphatic rings. The summed E-state index contributed by atoms with van der Waals surface area (Å²) in [4.78, 5) is 14.7. The van der Waals surface area contributed by atoms with E-state index in [0.29, 0.717) is 24.5 Å². The number of aliphatic carboxylic acids is 1. The first-order valence-electron chi connectivity index (χ1n) is 13.6. The van der Waals surface area contributed by atoms with Crippen molar-refractivity contribution in [2.24, 2.45) is 11.8 Å². The number of piperidine rings is 3. The number of nitrogens with zero attached hydrogens (tertiary/aromatic N) is 2. The molecule has 1 unspecified atom stereocenters. The van der Waals surface area contributed by atoms with E-state index in [0.717, 1.165) is 18.5 Å². The Hall–Kier alpha value is -3.40. The Kier molecular flexibility index (Phi) is 8.16. The van der Waals surface area contributed by atoms with E-state index in [1.165, 1.54) is 28.7 Å². The quantitative estimate of drug-likeness (QED) is 0.387. The van der Waals surface area contributed by atoms with Crippen molar-refractivity contribution in [1.82, 2.24) is 10.2 Å². The molecule has 3 saturated heterocycles. The van der Waals surface area contributed by atoms with Crippen molar-refractivity contribution in [3.63, 3.8) is 0 Å². The van der Waals surface area contributed by atoms with E-state index in [1.807, 2.05) is 18.2 Å². The summed E-state index contributed by atoms with van der Waals surface area (Å²) >= 11 is 0. The lowest BCUT2D eigenvalue weighted by atomic mass is 9.66. The molecule has 3 aromatic carbocycles. The number of carbonyl (C=O) groups is 1. The van der Waals surface area contributed by atoms with Gasteiger partial charge in [-0.2, -0.15) is 0 Å². The van der Waals surface area contributed by atoms with Gasteiger partial charge in [0, 0.05) is 43.7 Å². The van der Waals surface area contributed by atoms with Gasteiger partial charge in [-0.15, -0.1) is 0 Å². The second-order valence-corrected chi connectivity index (χ2v) is 12.8. The molecule has 3 aliphatic heterocycles. The molecule has 6 rings (SSSR count). The maximum atomic E-state index is 12.4. The fourth-order valence-corrected chi connectivity index (χ4v) is 7.05. The summed E-state index contributed by atoms with van der Waals surface area (Å²) < 4.78 is 31.3. The van der Waals surface area contributed by atoms with E-state index in [-0.39, 0.29) is 23.9 Å². The number of benzene rings is 3. The highest BCUT2D eigenvalue weighted by atomic mass is 32.2. The maximum absolute atomic E-state index is 12.4. The minimum atomic E-state index is -3.43. The molecule has 0 spiro atoms. The van der Waals surface area contributed by atoms with Gasteiger partial charge in [0.05, 0.1) is 25.0 Å². The SMILES string of the molecule is COc1ccc(N(C)S(C)(=O)=O)cc1CN[C@H]1[C@H]2CCN(C[C@@H]2C(=O)O)[C@H]1C(c1ccccc1)c1ccccc1. The van der Waals surface area contributed by atoms with Gasteiger partial charge in [-0.25, -0.2) is 8.42 Å². The molecule has 5 atom stereocenters. The molecule has 3 fully saturated rings. The monoisotopic (exact) mass is 563 g/mol. The minimum Gasteiger partial charge on any atom is -0.496 e. The van der Waals surface area contributed by atoms with Crippen LogP contribution in [-0.4, -0.2) is 70.0 Å². The number of sulfonamides is 1. The van der Waals surface area contributed by atoms with Crippen molar-refractivity contribution in [3.05, 3.63) is 95.6 Å². The molecule has 2 N–H and O–H groups in total. The van der Waals surface area contributed by atoms with Crippen LogP contribution in [0.5, 0.6) is 5.75 Å². The number of hydrogen-bond donors (Lipinski definition) is 2. The van der Waals surface area contributed by atoms with Gasteiger partial charge < -0.3 is 15.2 Å². The van der Waals surface area contributed by atoms with Gasteiger partial charge in [-0.05, 0) is 48.2 Å². The molecule has 40 heavy (non-hydrogen) atoms. The largest absolute Gasteiger partial charge is 0.496 e. The number of fused-ring (bicyclic) bond motifs is 3. The van der Waals surface area contributed by atoms with Gasteiger partial charge in [0.15, 0.2) is 0 Å². The van der Waals surface area contributed by atoms with Crippen molar-refractivity contribution in [2.45, 2.75) is 31.0 Å². The zero-order valence-corrected chi connectivity index (χ0v) is 23.9. The number of nitrogens with one attached hydrogen (secondary N) is 1. The fraction of sp³-hybridized carbons (Fsp3) is 0.387. The number of rotatable bonds is 10. The average Bonchev–Trinajstić information content (AvgIpc) is 2.97. The van der Waals surface area contributed by atoms with Crippen LogP contribution in [0.1, 0.15) is 29.0 Å². The third kappa shape index (κ3) is 5.59. The molecule has 3 aromatic rings. The molecule has 0 aromatic heterocycles. The number of hydrogen-bond acceptors (Lipinski definition) is 6. The van der Waals surface area contributed by atoms with E-state index in [4.69, 9.17) is 4.74 Å². The summed E-state index contributed by atoms with van der Waals surface area (Å²) in [5.74, 6) is -0.574. The first kappa shape index (κ1) is 28.1. The summed E-state index contributed by atoms with van der Waals surface area (Å²) in [6.45, 7) is 1.78. The second kappa shape index (κ2) is 11.6. The summed E-state index contributed by atoms with van der Waals surface area (Å²) in [7, 11) is -0.311. The maximum Gasteiger partial charge on any atom is 0.308 e. The Morgan fingerprint density at radius 2 is 1.70 bits per heavy atom. The molecule has 0 amide bonds. The summed E-state index contributed by atoms with van der Waals surface area (Å²) in [5.41, 5.74) is 3.74. The van der Waals surface area contributed by atoms with Gasteiger partial charge in [0.25, 0.3) is 0 Å². The van der Waals surface area contributed by atoms with Crippen LogP contribution in [0.4, 0.5) is 5.69 Å². The lowest BCUT2D eigenvalue weighted by molar-refractivity contribution is -0.152. The Balaban J connectivity index is 1.54. The third-order valence-electron chi connectivity index (χ3n) is 8.58. The van der Waals surface area contributed by atoms with Crippen molar-refractivity contribution in [3.8, 4) is 5.75 Å². The second-order valence-electron chi connectivity index (χ2n) is 10.8. The van der Waals surface area contributed by atoms with E-state index < -0.39 is 21.9 Å². The van der Waals surface area contributed by atoms with Gasteiger partial charge in [0.1, 0.15) is 5.75 Å². The summed E-state index contributed by atoms with van der Waals surface area (Å²) in [6.07, 6.45) is 1.97. The third-order valence-corrected chi connectivity index (χ3v) is 9.78. The molecule has 2 bridgehead atoms. The lowest BCUT2D eigenvalue weighted by Crippen LogP contribution is -2.68. The molecule has 9 heteroatoms. The van der Waals surface area contributed by atoms with Crippen molar-refractivity contribution in [2.75, 3.05) is 37.8 Å². The highest BCUT2D eigenvalue weighted by molar-refractivity contribution is 7.92. The Bertz CT molecular complexity index is 1390. The molecule has 0 aliphatic carbocycles. The van der Waals surface area contributed by atoms with E-state index in [2.05, 4.69) is 58.7 Å². The van der Waals surface area contributed by atoms with Crippen LogP contribution in [0.25, 0.3) is 0 Å².